The highest BCUT2D eigenvalue weighted by Crippen LogP contribution is 2.01. The van der Waals surface area contributed by atoms with Gasteiger partial charge in [0.15, 0.2) is 5.78 Å². The molecule has 0 spiro atoms. The fourth-order valence-electron chi connectivity index (χ4n) is 0.613. The summed E-state index contributed by atoms with van der Waals surface area (Å²) >= 11 is 0. The Morgan fingerprint density at radius 2 is 2.36 bits per heavy atom. The Hall–Kier alpha value is -0.630. The number of carbonyl (C=O) groups is 1. The summed E-state index contributed by atoms with van der Waals surface area (Å²) in [6, 6.07) is 0. The number of hydrogen-bond donors (Lipinski definition) is 0. The predicted molar refractivity (Wildman–Crippen MR) is 45.5 cm³/mol. The van der Waals surface area contributed by atoms with Gasteiger partial charge in [-0.1, -0.05) is 19.9 Å². The number of hydrogen-bond acceptors (Lipinski definition) is 2. The molecule has 0 aliphatic heterocycles. The number of Topliss-reactive ketones (excluding diaryl/α,β-unsaturated/α-hetero) is 1. The van der Waals surface area contributed by atoms with Crippen LogP contribution in [0.15, 0.2) is 12.7 Å². The standard InChI is InChI=1S/C9H16O2/c1-4-6-11-7-9(10)8(3)5-2/h4,8H,1,5-7H2,2-3H3. The minimum absolute atomic E-state index is 0.125. The maximum atomic E-state index is 11.1. The van der Waals surface area contributed by atoms with E-state index in [-0.39, 0.29) is 18.3 Å². The predicted octanol–water partition coefficient (Wildman–Crippen LogP) is 1.80. The van der Waals surface area contributed by atoms with Gasteiger partial charge in [0.05, 0.1) is 6.61 Å². The van der Waals surface area contributed by atoms with Crippen molar-refractivity contribution in [2.24, 2.45) is 5.92 Å². The van der Waals surface area contributed by atoms with Gasteiger partial charge in [-0.2, -0.15) is 0 Å². The second-order valence-corrected chi connectivity index (χ2v) is 2.58. The van der Waals surface area contributed by atoms with E-state index >= 15 is 0 Å². The van der Waals surface area contributed by atoms with Crippen LogP contribution < -0.4 is 0 Å². The molecular formula is C9H16O2. The summed E-state index contributed by atoms with van der Waals surface area (Å²) < 4.78 is 5.00. The molecule has 0 saturated heterocycles. The first-order valence-corrected chi connectivity index (χ1v) is 3.93. The average molecular weight is 156 g/mol. The van der Waals surface area contributed by atoms with Crippen LogP contribution in [0.5, 0.6) is 0 Å². The van der Waals surface area contributed by atoms with E-state index in [1.807, 2.05) is 13.8 Å². The van der Waals surface area contributed by atoms with Gasteiger partial charge in [0.2, 0.25) is 0 Å². The molecule has 0 N–H and O–H groups in total. The van der Waals surface area contributed by atoms with Gasteiger partial charge >= 0.3 is 0 Å². The van der Waals surface area contributed by atoms with Gasteiger partial charge in [-0.05, 0) is 6.42 Å². The van der Waals surface area contributed by atoms with Crippen molar-refractivity contribution >= 4 is 5.78 Å². The number of ketones is 1. The Labute approximate surface area is 68.2 Å². The second-order valence-electron chi connectivity index (χ2n) is 2.58. The van der Waals surface area contributed by atoms with Crippen molar-refractivity contribution in [3.63, 3.8) is 0 Å². The minimum Gasteiger partial charge on any atom is -0.370 e. The molecule has 0 bridgehead atoms. The molecule has 0 aromatic heterocycles. The fraction of sp³-hybridized carbons (Fsp3) is 0.667. The van der Waals surface area contributed by atoms with Crippen LogP contribution in [0.3, 0.4) is 0 Å². The van der Waals surface area contributed by atoms with Crippen LogP contribution in [0.25, 0.3) is 0 Å². The summed E-state index contributed by atoms with van der Waals surface area (Å²) in [6.45, 7) is 8.08. The van der Waals surface area contributed by atoms with Crippen LogP contribution in [-0.2, 0) is 9.53 Å². The Morgan fingerprint density at radius 3 is 2.82 bits per heavy atom. The monoisotopic (exact) mass is 156 g/mol. The molecule has 0 rings (SSSR count). The minimum atomic E-state index is 0.125. The van der Waals surface area contributed by atoms with Gasteiger partial charge in [-0.3, -0.25) is 4.79 Å². The zero-order valence-electron chi connectivity index (χ0n) is 7.30. The molecule has 64 valence electrons. The third-order valence-corrected chi connectivity index (χ3v) is 1.64. The smallest absolute Gasteiger partial charge is 0.161 e. The molecular weight excluding hydrogens is 140 g/mol. The van der Waals surface area contributed by atoms with E-state index in [4.69, 9.17) is 4.74 Å². The van der Waals surface area contributed by atoms with E-state index < -0.39 is 0 Å². The molecule has 0 heterocycles. The van der Waals surface area contributed by atoms with Crippen molar-refractivity contribution in [3.8, 4) is 0 Å². The molecule has 0 aliphatic carbocycles. The molecule has 11 heavy (non-hydrogen) atoms. The Bertz CT molecular complexity index is 130. The van der Waals surface area contributed by atoms with Crippen LogP contribution >= 0.6 is 0 Å². The summed E-state index contributed by atoms with van der Waals surface area (Å²) in [7, 11) is 0. The number of carbonyl (C=O) groups excluding carboxylic acids is 1. The summed E-state index contributed by atoms with van der Waals surface area (Å²) in [4.78, 5) is 11.1. The lowest BCUT2D eigenvalue weighted by Crippen LogP contribution is -2.16. The lowest BCUT2D eigenvalue weighted by atomic mass is 10.1. The van der Waals surface area contributed by atoms with E-state index in [1.165, 1.54) is 0 Å². The van der Waals surface area contributed by atoms with Crippen molar-refractivity contribution in [2.75, 3.05) is 13.2 Å². The van der Waals surface area contributed by atoms with Crippen LogP contribution in [-0.4, -0.2) is 19.0 Å². The topological polar surface area (TPSA) is 26.3 Å². The first kappa shape index (κ1) is 10.4. The van der Waals surface area contributed by atoms with Crippen molar-refractivity contribution in [1.82, 2.24) is 0 Å². The lowest BCUT2D eigenvalue weighted by Gasteiger charge is -2.06. The first-order chi connectivity index (χ1) is 5.22. The SMILES string of the molecule is C=CCOCC(=O)C(C)CC. The van der Waals surface area contributed by atoms with E-state index in [0.717, 1.165) is 6.42 Å². The molecule has 0 aromatic rings. The van der Waals surface area contributed by atoms with Gasteiger partial charge in [0.25, 0.3) is 0 Å². The summed E-state index contributed by atoms with van der Waals surface area (Å²) in [5.41, 5.74) is 0. The molecule has 0 amide bonds. The highest BCUT2D eigenvalue weighted by molar-refractivity contribution is 5.81. The van der Waals surface area contributed by atoms with Crippen LogP contribution in [0.1, 0.15) is 20.3 Å². The van der Waals surface area contributed by atoms with Gasteiger partial charge in [-0.15, -0.1) is 6.58 Å². The highest BCUT2D eigenvalue weighted by atomic mass is 16.5. The molecule has 2 heteroatoms. The zero-order valence-corrected chi connectivity index (χ0v) is 7.30. The Kier molecular flexibility index (Phi) is 5.75. The quantitative estimate of drug-likeness (QED) is 0.433. The summed E-state index contributed by atoms with van der Waals surface area (Å²) in [5, 5.41) is 0. The van der Waals surface area contributed by atoms with Crippen molar-refractivity contribution < 1.29 is 9.53 Å². The fourth-order valence-corrected chi connectivity index (χ4v) is 0.613. The average Bonchev–Trinajstić information content (AvgIpc) is 2.03. The van der Waals surface area contributed by atoms with Crippen LogP contribution in [0, 0.1) is 5.92 Å². The maximum Gasteiger partial charge on any atom is 0.161 e. The van der Waals surface area contributed by atoms with Crippen LogP contribution in [0.4, 0.5) is 0 Å². The van der Waals surface area contributed by atoms with Gasteiger partial charge in [0, 0.05) is 5.92 Å². The van der Waals surface area contributed by atoms with Crippen molar-refractivity contribution in [2.45, 2.75) is 20.3 Å². The summed E-state index contributed by atoms with van der Waals surface area (Å²) in [5.74, 6) is 0.300. The molecule has 0 aromatic carbocycles. The molecule has 1 atom stereocenters. The largest absolute Gasteiger partial charge is 0.370 e. The Balaban J connectivity index is 3.43. The van der Waals surface area contributed by atoms with Gasteiger partial charge < -0.3 is 4.74 Å². The van der Waals surface area contributed by atoms with E-state index in [9.17, 15) is 4.79 Å². The normalized spacial score (nSPS) is 12.5. The van der Waals surface area contributed by atoms with Crippen molar-refractivity contribution in [3.05, 3.63) is 12.7 Å². The first-order valence-electron chi connectivity index (χ1n) is 3.93. The molecule has 0 saturated carbocycles. The Morgan fingerprint density at radius 1 is 1.73 bits per heavy atom. The number of rotatable bonds is 6. The van der Waals surface area contributed by atoms with Gasteiger partial charge in [0.1, 0.15) is 6.61 Å². The van der Waals surface area contributed by atoms with E-state index in [2.05, 4.69) is 6.58 Å². The highest BCUT2D eigenvalue weighted by Gasteiger charge is 2.09. The maximum absolute atomic E-state index is 11.1. The zero-order chi connectivity index (χ0) is 8.69. The lowest BCUT2D eigenvalue weighted by molar-refractivity contribution is -0.126. The molecule has 2 nitrogen and oxygen atoms in total. The molecule has 0 radical (unpaired) electrons. The molecule has 0 fully saturated rings. The molecule has 1 unspecified atom stereocenters. The van der Waals surface area contributed by atoms with E-state index in [1.54, 1.807) is 6.08 Å². The third kappa shape index (κ3) is 4.73. The van der Waals surface area contributed by atoms with E-state index in [0.29, 0.717) is 6.61 Å². The number of ether oxygens (including phenoxy) is 1. The second kappa shape index (κ2) is 6.10. The van der Waals surface area contributed by atoms with Crippen molar-refractivity contribution in [1.29, 1.82) is 0 Å². The summed E-state index contributed by atoms with van der Waals surface area (Å²) in [6.07, 6.45) is 2.53. The molecule has 0 aliphatic rings. The third-order valence-electron chi connectivity index (χ3n) is 1.64. The van der Waals surface area contributed by atoms with Crippen LogP contribution in [0.2, 0.25) is 0 Å². The van der Waals surface area contributed by atoms with Gasteiger partial charge in [-0.25, -0.2) is 0 Å².